The Morgan fingerprint density at radius 3 is 2.57 bits per heavy atom. The molecule has 0 bridgehead atoms. The minimum atomic E-state index is 0.148. The van der Waals surface area contributed by atoms with Crippen LogP contribution < -0.4 is 5.73 Å². The first-order chi connectivity index (χ1) is 11.1. The summed E-state index contributed by atoms with van der Waals surface area (Å²) in [6.45, 7) is 0. The molecule has 0 fully saturated rings. The van der Waals surface area contributed by atoms with Gasteiger partial charge in [0.05, 0.1) is 5.69 Å². The van der Waals surface area contributed by atoms with E-state index in [0.717, 1.165) is 5.56 Å². The minimum Gasteiger partial charge on any atom is -0.383 e. The van der Waals surface area contributed by atoms with E-state index in [2.05, 4.69) is 16.0 Å². The van der Waals surface area contributed by atoms with Crippen LogP contribution in [0.2, 0.25) is 10.0 Å². The largest absolute Gasteiger partial charge is 0.383 e. The highest BCUT2D eigenvalue weighted by Crippen LogP contribution is 2.36. The molecular formula is C17H10Cl2N4. The highest BCUT2D eigenvalue weighted by atomic mass is 35.5. The van der Waals surface area contributed by atoms with Crippen LogP contribution in [0.4, 0.5) is 5.82 Å². The van der Waals surface area contributed by atoms with Crippen molar-refractivity contribution >= 4 is 29.0 Å². The van der Waals surface area contributed by atoms with E-state index in [4.69, 9.17) is 28.9 Å². The van der Waals surface area contributed by atoms with Crippen molar-refractivity contribution in [1.82, 2.24) is 9.97 Å². The topological polar surface area (TPSA) is 75.6 Å². The van der Waals surface area contributed by atoms with Gasteiger partial charge in [0.1, 0.15) is 17.5 Å². The maximum absolute atomic E-state index is 9.42. The van der Waals surface area contributed by atoms with Crippen LogP contribution in [0.1, 0.15) is 5.56 Å². The first-order valence-corrected chi connectivity index (χ1v) is 7.42. The molecule has 0 aliphatic rings. The molecular weight excluding hydrogens is 331 g/mol. The summed E-state index contributed by atoms with van der Waals surface area (Å²) in [5.74, 6) is 0.148. The zero-order valence-corrected chi connectivity index (χ0v) is 13.3. The molecule has 6 heteroatoms. The van der Waals surface area contributed by atoms with Crippen LogP contribution in [0.5, 0.6) is 0 Å². The van der Waals surface area contributed by atoms with Crippen LogP contribution >= 0.6 is 23.2 Å². The minimum absolute atomic E-state index is 0.148. The van der Waals surface area contributed by atoms with Gasteiger partial charge in [-0.15, -0.1) is 0 Å². The van der Waals surface area contributed by atoms with Gasteiger partial charge >= 0.3 is 0 Å². The highest BCUT2D eigenvalue weighted by Gasteiger charge is 2.15. The Labute approximate surface area is 143 Å². The predicted octanol–water partition coefficient (Wildman–Crippen LogP) is 4.57. The molecule has 2 N–H and O–H groups in total. The molecule has 0 saturated carbocycles. The quantitative estimate of drug-likeness (QED) is 0.741. The molecule has 0 aliphatic heterocycles. The smallest absolute Gasteiger partial charge is 0.142 e. The third kappa shape index (κ3) is 2.98. The Hall–Kier alpha value is -2.61. The molecule has 112 valence electrons. The van der Waals surface area contributed by atoms with E-state index in [1.165, 1.54) is 0 Å². The van der Waals surface area contributed by atoms with E-state index in [1.807, 2.05) is 6.07 Å². The lowest BCUT2D eigenvalue weighted by atomic mass is 9.99. The summed E-state index contributed by atoms with van der Waals surface area (Å²) in [7, 11) is 0. The monoisotopic (exact) mass is 340 g/mol. The summed E-state index contributed by atoms with van der Waals surface area (Å²) in [5, 5.41) is 10.4. The maximum atomic E-state index is 9.42. The number of nitrogens with zero attached hydrogens (tertiary/aromatic N) is 3. The standard InChI is InChI=1S/C17H10Cl2N4/c18-11-3-4-12(15(19)6-11)13-7-16(10-2-1-5-22-9-10)23-17(21)14(13)8-20/h1-7,9H,(H2,21,23). The van der Waals surface area contributed by atoms with E-state index < -0.39 is 0 Å². The number of nitrogens with two attached hydrogens (primary N) is 1. The average molecular weight is 341 g/mol. The number of benzene rings is 1. The van der Waals surface area contributed by atoms with Crippen molar-refractivity contribution in [1.29, 1.82) is 5.26 Å². The number of hydrogen-bond acceptors (Lipinski definition) is 4. The fourth-order valence-corrected chi connectivity index (χ4v) is 2.78. The van der Waals surface area contributed by atoms with Gasteiger partial charge < -0.3 is 5.73 Å². The zero-order valence-electron chi connectivity index (χ0n) is 11.8. The second-order valence-electron chi connectivity index (χ2n) is 4.79. The second-order valence-corrected chi connectivity index (χ2v) is 5.64. The van der Waals surface area contributed by atoms with Crippen LogP contribution in [-0.2, 0) is 0 Å². The van der Waals surface area contributed by atoms with Crippen LogP contribution in [0.25, 0.3) is 22.4 Å². The van der Waals surface area contributed by atoms with Gasteiger partial charge in [-0.1, -0.05) is 29.3 Å². The van der Waals surface area contributed by atoms with Crippen molar-refractivity contribution < 1.29 is 0 Å². The normalized spacial score (nSPS) is 10.3. The fraction of sp³-hybridized carbons (Fsp3) is 0. The molecule has 4 nitrogen and oxygen atoms in total. The van der Waals surface area contributed by atoms with Gasteiger partial charge in [-0.25, -0.2) is 4.98 Å². The predicted molar refractivity (Wildman–Crippen MR) is 92.1 cm³/mol. The van der Waals surface area contributed by atoms with Crippen LogP contribution in [0.3, 0.4) is 0 Å². The molecule has 3 aromatic rings. The first kappa shape index (κ1) is 15.3. The molecule has 0 amide bonds. The molecule has 23 heavy (non-hydrogen) atoms. The van der Waals surface area contributed by atoms with E-state index >= 15 is 0 Å². The number of anilines is 1. The van der Waals surface area contributed by atoms with E-state index in [-0.39, 0.29) is 11.4 Å². The molecule has 0 saturated heterocycles. The summed E-state index contributed by atoms with van der Waals surface area (Å²) in [4.78, 5) is 8.37. The van der Waals surface area contributed by atoms with Crippen LogP contribution in [0, 0.1) is 11.3 Å². The lowest BCUT2D eigenvalue weighted by molar-refractivity contribution is 1.27. The average Bonchev–Trinajstić information content (AvgIpc) is 2.55. The Kier molecular flexibility index (Phi) is 4.16. The molecule has 0 radical (unpaired) electrons. The summed E-state index contributed by atoms with van der Waals surface area (Å²) in [6, 6.07) is 12.6. The molecule has 3 rings (SSSR count). The third-order valence-electron chi connectivity index (χ3n) is 3.34. The number of pyridine rings is 2. The van der Waals surface area contributed by atoms with Crippen molar-refractivity contribution in [2.24, 2.45) is 0 Å². The maximum Gasteiger partial charge on any atom is 0.142 e. The molecule has 0 atom stereocenters. The number of halogens is 2. The van der Waals surface area contributed by atoms with Crippen molar-refractivity contribution in [3.63, 3.8) is 0 Å². The van der Waals surface area contributed by atoms with Gasteiger partial charge in [0.15, 0.2) is 0 Å². The zero-order chi connectivity index (χ0) is 16.4. The number of nitriles is 1. The van der Waals surface area contributed by atoms with Gasteiger partial charge in [-0.3, -0.25) is 4.98 Å². The molecule has 0 aliphatic carbocycles. The summed E-state index contributed by atoms with van der Waals surface area (Å²) < 4.78 is 0. The first-order valence-electron chi connectivity index (χ1n) is 6.66. The summed E-state index contributed by atoms with van der Waals surface area (Å²) in [5.41, 5.74) is 8.95. The number of aromatic nitrogens is 2. The fourth-order valence-electron chi connectivity index (χ4n) is 2.26. The van der Waals surface area contributed by atoms with Crippen LogP contribution in [0.15, 0.2) is 48.8 Å². The van der Waals surface area contributed by atoms with Gasteiger partial charge in [0.25, 0.3) is 0 Å². The van der Waals surface area contributed by atoms with Gasteiger partial charge in [0.2, 0.25) is 0 Å². The van der Waals surface area contributed by atoms with Gasteiger partial charge in [-0.2, -0.15) is 5.26 Å². The number of hydrogen-bond donors (Lipinski definition) is 1. The summed E-state index contributed by atoms with van der Waals surface area (Å²) >= 11 is 12.2. The summed E-state index contributed by atoms with van der Waals surface area (Å²) in [6.07, 6.45) is 3.36. The Morgan fingerprint density at radius 1 is 1.09 bits per heavy atom. The lowest BCUT2D eigenvalue weighted by Crippen LogP contribution is -2.00. The van der Waals surface area contributed by atoms with E-state index in [9.17, 15) is 5.26 Å². The van der Waals surface area contributed by atoms with Gasteiger partial charge in [-0.05, 0) is 30.3 Å². The Morgan fingerprint density at radius 2 is 1.91 bits per heavy atom. The Balaban J connectivity index is 2.27. The van der Waals surface area contributed by atoms with E-state index in [0.29, 0.717) is 26.9 Å². The number of nitrogen functional groups attached to an aromatic ring is 1. The third-order valence-corrected chi connectivity index (χ3v) is 3.89. The van der Waals surface area contributed by atoms with Crippen molar-refractivity contribution in [3.05, 3.63) is 64.4 Å². The van der Waals surface area contributed by atoms with Crippen molar-refractivity contribution in [2.75, 3.05) is 5.73 Å². The van der Waals surface area contributed by atoms with Gasteiger partial charge in [0, 0.05) is 39.1 Å². The molecule has 2 aromatic heterocycles. The highest BCUT2D eigenvalue weighted by molar-refractivity contribution is 6.36. The molecule has 1 aromatic carbocycles. The SMILES string of the molecule is N#Cc1c(-c2ccc(Cl)cc2Cl)cc(-c2cccnc2)nc1N. The van der Waals surface area contributed by atoms with Crippen molar-refractivity contribution in [2.45, 2.75) is 0 Å². The van der Waals surface area contributed by atoms with Crippen LogP contribution in [-0.4, -0.2) is 9.97 Å². The number of rotatable bonds is 2. The second kappa shape index (κ2) is 6.25. The molecule has 2 heterocycles. The van der Waals surface area contributed by atoms with E-state index in [1.54, 1.807) is 42.7 Å². The van der Waals surface area contributed by atoms with Crippen molar-refractivity contribution in [3.8, 4) is 28.5 Å². The molecule has 0 unspecified atom stereocenters. The lowest BCUT2D eigenvalue weighted by Gasteiger charge is -2.11. The Bertz CT molecular complexity index is 918. The molecule has 0 spiro atoms.